The number of furan rings is 1. The largest absolute Gasteiger partial charge is 0.436 e. The van der Waals surface area contributed by atoms with E-state index in [2.05, 4.69) is 72.0 Å². The number of fused-ring (bicyclic) bond motifs is 3. The molecule has 0 amide bonds. The molecule has 0 radical (unpaired) electrons. The van der Waals surface area contributed by atoms with Crippen LogP contribution in [0.5, 0.6) is 0 Å². The van der Waals surface area contributed by atoms with Gasteiger partial charge < -0.3 is 18.9 Å². The van der Waals surface area contributed by atoms with Crippen molar-refractivity contribution >= 4 is 29.8 Å². The summed E-state index contributed by atoms with van der Waals surface area (Å²) in [6.45, 7) is 4.56. The monoisotopic (exact) mass is 294 g/mol. The van der Waals surface area contributed by atoms with Gasteiger partial charge in [-0.15, -0.1) is 0 Å². The molecule has 0 spiro atoms. The number of hydrogen-bond acceptors (Lipinski definition) is 5. The normalized spacial score (nSPS) is 20.9. The molecule has 0 bridgehead atoms. The van der Waals surface area contributed by atoms with E-state index < -0.39 is 0 Å². The lowest BCUT2D eigenvalue weighted by molar-refractivity contribution is 0.272. The van der Waals surface area contributed by atoms with Gasteiger partial charge in [-0.3, -0.25) is 0 Å². The molecule has 2 aromatic rings. The third kappa shape index (κ3) is 1.70. The second-order valence-electron chi connectivity index (χ2n) is 6.09. The van der Waals surface area contributed by atoms with E-state index in [1.807, 2.05) is 6.07 Å². The van der Waals surface area contributed by atoms with E-state index in [1.165, 1.54) is 5.47 Å². The SMILES string of the molecule is CC1=Cc2oc3ncccc3c2N(C)B1N1C=CN(C)[C@@H]1C. The minimum absolute atomic E-state index is 0.185. The Morgan fingerprint density at radius 2 is 2.09 bits per heavy atom. The molecule has 0 saturated heterocycles. The average molecular weight is 294 g/mol. The van der Waals surface area contributed by atoms with Gasteiger partial charge in [0.1, 0.15) is 0 Å². The molecule has 4 heterocycles. The minimum Gasteiger partial charge on any atom is -0.436 e. The highest BCUT2D eigenvalue weighted by Crippen LogP contribution is 2.39. The zero-order chi connectivity index (χ0) is 15.4. The number of rotatable bonds is 1. The van der Waals surface area contributed by atoms with E-state index in [0.717, 1.165) is 16.8 Å². The van der Waals surface area contributed by atoms with Crippen LogP contribution in [0.3, 0.4) is 0 Å². The first-order chi connectivity index (χ1) is 10.6. The highest BCUT2D eigenvalue weighted by molar-refractivity contribution is 6.70. The highest BCUT2D eigenvalue weighted by atomic mass is 16.3. The minimum atomic E-state index is 0.185. The van der Waals surface area contributed by atoms with Crippen LogP contribution in [0, 0.1) is 0 Å². The molecular formula is C16H19BN4O. The van der Waals surface area contributed by atoms with Gasteiger partial charge in [-0.25, -0.2) is 4.98 Å². The summed E-state index contributed by atoms with van der Waals surface area (Å²) < 4.78 is 5.91. The number of hydrogen-bond donors (Lipinski definition) is 0. The third-order valence-corrected chi connectivity index (χ3v) is 4.73. The molecule has 112 valence electrons. The first kappa shape index (κ1) is 13.3. The Labute approximate surface area is 130 Å². The van der Waals surface area contributed by atoms with E-state index in [-0.39, 0.29) is 6.98 Å². The van der Waals surface area contributed by atoms with Crippen molar-refractivity contribution in [2.75, 3.05) is 18.9 Å². The van der Waals surface area contributed by atoms with Crippen LogP contribution in [-0.2, 0) is 0 Å². The van der Waals surface area contributed by atoms with Gasteiger partial charge in [-0.1, -0.05) is 5.47 Å². The summed E-state index contributed by atoms with van der Waals surface area (Å²) in [6, 6.07) is 4.03. The quantitative estimate of drug-likeness (QED) is 0.756. The van der Waals surface area contributed by atoms with Crippen molar-refractivity contribution in [2.24, 2.45) is 0 Å². The maximum absolute atomic E-state index is 5.91. The van der Waals surface area contributed by atoms with Gasteiger partial charge in [-0.2, -0.15) is 0 Å². The summed E-state index contributed by atoms with van der Waals surface area (Å²) in [5, 5.41) is 1.07. The fourth-order valence-electron chi connectivity index (χ4n) is 3.47. The summed E-state index contributed by atoms with van der Waals surface area (Å²) in [4.78, 5) is 11.2. The third-order valence-electron chi connectivity index (χ3n) is 4.73. The van der Waals surface area contributed by atoms with Crippen molar-refractivity contribution in [2.45, 2.75) is 20.0 Å². The second-order valence-corrected chi connectivity index (χ2v) is 6.09. The van der Waals surface area contributed by atoms with Gasteiger partial charge in [0.25, 0.3) is 0 Å². The van der Waals surface area contributed by atoms with Crippen LogP contribution in [-0.4, -0.2) is 41.9 Å². The van der Waals surface area contributed by atoms with Crippen molar-refractivity contribution in [1.82, 2.24) is 14.7 Å². The Hall–Kier alpha value is -2.37. The lowest BCUT2D eigenvalue weighted by atomic mass is 9.61. The van der Waals surface area contributed by atoms with Crippen molar-refractivity contribution < 1.29 is 4.42 Å². The van der Waals surface area contributed by atoms with E-state index in [0.29, 0.717) is 11.9 Å². The maximum atomic E-state index is 5.91. The molecule has 0 unspecified atom stereocenters. The van der Waals surface area contributed by atoms with Crippen LogP contribution in [0.4, 0.5) is 5.69 Å². The average Bonchev–Trinajstić information content (AvgIpc) is 3.01. The molecular weight excluding hydrogens is 275 g/mol. The van der Waals surface area contributed by atoms with Gasteiger partial charge in [-0.05, 0) is 39.1 Å². The van der Waals surface area contributed by atoms with Gasteiger partial charge in [0.15, 0.2) is 5.76 Å². The summed E-state index contributed by atoms with van der Waals surface area (Å²) >= 11 is 0. The predicted molar refractivity (Wildman–Crippen MR) is 90.0 cm³/mol. The smallest absolute Gasteiger partial charge is 0.408 e. The molecule has 0 aliphatic carbocycles. The van der Waals surface area contributed by atoms with Crippen LogP contribution >= 0.6 is 0 Å². The van der Waals surface area contributed by atoms with Crippen LogP contribution < -0.4 is 4.81 Å². The summed E-state index contributed by atoms with van der Waals surface area (Å²) in [6.07, 6.45) is 8.52. The topological polar surface area (TPSA) is 35.8 Å². The number of nitrogens with zero attached hydrogens (tertiary/aromatic N) is 4. The Bertz CT molecular complexity index is 797. The van der Waals surface area contributed by atoms with Crippen molar-refractivity contribution in [3.63, 3.8) is 0 Å². The molecule has 22 heavy (non-hydrogen) atoms. The van der Waals surface area contributed by atoms with Crippen molar-refractivity contribution in [3.8, 4) is 0 Å². The molecule has 0 fully saturated rings. The van der Waals surface area contributed by atoms with Gasteiger partial charge in [0.05, 0.1) is 17.2 Å². The zero-order valence-corrected chi connectivity index (χ0v) is 13.3. The van der Waals surface area contributed by atoms with Crippen LogP contribution in [0.1, 0.15) is 19.6 Å². The summed E-state index contributed by atoms with van der Waals surface area (Å²) in [5.74, 6) is 0.897. The first-order valence-corrected chi connectivity index (χ1v) is 7.54. The fourth-order valence-corrected chi connectivity index (χ4v) is 3.47. The summed E-state index contributed by atoms with van der Waals surface area (Å²) in [7, 11) is 4.23. The molecule has 0 saturated carbocycles. The van der Waals surface area contributed by atoms with Crippen LogP contribution in [0.15, 0.2) is 40.6 Å². The van der Waals surface area contributed by atoms with E-state index in [1.54, 1.807) is 6.20 Å². The van der Waals surface area contributed by atoms with Crippen molar-refractivity contribution in [1.29, 1.82) is 0 Å². The Balaban J connectivity index is 1.83. The first-order valence-electron chi connectivity index (χ1n) is 7.54. The molecule has 0 N–H and O–H groups in total. The predicted octanol–water partition coefficient (Wildman–Crippen LogP) is 2.77. The number of aromatic nitrogens is 1. The standard InChI is InChI=1S/C16H19BN4O/c1-11-10-14-15(13-6-5-7-18-16(13)22-14)20(4)17(11)21-9-8-19(3)12(21)2/h5-10,12H,1-4H3/t12-/m0/s1. The molecule has 6 heteroatoms. The number of pyridine rings is 1. The highest BCUT2D eigenvalue weighted by Gasteiger charge is 2.40. The fraction of sp³-hybridized carbons (Fsp3) is 0.312. The van der Waals surface area contributed by atoms with E-state index in [9.17, 15) is 0 Å². The number of anilines is 1. The number of allylic oxidation sites excluding steroid dienone is 1. The van der Waals surface area contributed by atoms with Gasteiger partial charge in [0, 0.05) is 25.6 Å². The Morgan fingerprint density at radius 1 is 1.27 bits per heavy atom. The molecule has 4 rings (SSSR count). The van der Waals surface area contributed by atoms with Gasteiger partial charge >= 0.3 is 6.98 Å². The van der Waals surface area contributed by atoms with E-state index in [4.69, 9.17) is 4.42 Å². The molecule has 1 atom stereocenters. The maximum Gasteiger partial charge on any atom is 0.408 e. The molecule has 5 nitrogen and oxygen atoms in total. The van der Waals surface area contributed by atoms with Crippen LogP contribution in [0.25, 0.3) is 17.2 Å². The lowest BCUT2D eigenvalue weighted by Gasteiger charge is -2.39. The van der Waals surface area contributed by atoms with Crippen molar-refractivity contribution in [3.05, 3.63) is 42.0 Å². The molecule has 2 aliphatic rings. The Morgan fingerprint density at radius 3 is 2.82 bits per heavy atom. The molecule has 0 aromatic carbocycles. The second kappa shape index (κ2) is 4.56. The van der Waals surface area contributed by atoms with Crippen LogP contribution in [0.2, 0.25) is 0 Å². The zero-order valence-electron chi connectivity index (χ0n) is 13.3. The lowest BCUT2D eigenvalue weighted by Crippen LogP contribution is -2.55. The van der Waals surface area contributed by atoms with Gasteiger partial charge in [0.2, 0.25) is 5.71 Å². The van der Waals surface area contributed by atoms with E-state index >= 15 is 0 Å². The summed E-state index contributed by atoms with van der Waals surface area (Å²) in [5.41, 5.74) is 3.08. The Kier molecular flexibility index (Phi) is 2.76. The molecule has 2 aliphatic heterocycles. The molecule has 2 aromatic heterocycles.